The molecule has 0 aromatic heterocycles. The van der Waals surface area contributed by atoms with Gasteiger partial charge in [-0.15, -0.1) is 0 Å². The van der Waals surface area contributed by atoms with Crippen molar-refractivity contribution in [2.75, 3.05) is 18.4 Å². The van der Waals surface area contributed by atoms with Crippen molar-refractivity contribution in [3.05, 3.63) is 58.4 Å². The number of benzene rings is 2. The summed E-state index contributed by atoms with van der Waals surface area (Å²) in [7, 11) is -4.09. The summed E-state index contributed by atoms with van der Waals surface area (Å²) < 4.78 is 67.8. The predicted octanol–water partition coefficient (Wildman–Crippen LogP) is 3.93. The molecule has 40 heavy (non-hydrogen) atoms. The van der Waals surface area contributed by atoms with Crippen molar-refractivity contribution in [3.8, 4) is 0 Å². The fourth-order valence-electron chi connectivity index (χ4n) is 5.92. The first-order valence-corrected chi connectivity index (χ1v) is 14.7. The third kappa shape index (κ3) is 5.86. The second-order valence-electron chi connectivity index (χ2n) is 10.7. The van der Waals surface area contributed by atoms with Gasteiger partial charge in [0.25, 0.3) is 5.91 Å². The van der Waals surface area contributed by atoms with Gasteiger partial charge in [0.1, 0.15) is 0 Å². The average molecular weight is 603 g/mol. The summed E-state index contributed by atoms with van der Waals surface area (Å²) in [5.74, 6) is -6.73. The first-order chi connectivity index (χ1) is 18.6. The van der Waals surface area contributed by atoms with Crippen LogP contribution in [-0.2, 0) is 14.6 Å². The van der Waals surface area contributed by atoms with Crippen LogP contribution in [-0.4, -0.2) is 65.4 Å². The molecule has 218 valence electrons. The van der Waals surface area contributed by atoms with E-state index in [1.165, 1.54) is 30.9 Å². The third-order valence-electron chi connectivity index (χ3n) is 7.93. The Bertz CT molecular complexity index is 1400. The molecule has 2 aliphatic carbocycles. The van der Waals surface area contributed by atoms with Crippen molar-refractivity contribution < 1.29 is 41.4 Å². The number of hydrogen-bond donors (Lipinski definition) is 3. The van der Waals surface area contributed by atoms with Crippen LogP contribution < -0.4 is 5.32 Å². The molecule has 8 nitrogen and oxygen atoms in total. The van der Waals surface area contributed by atoms with Crippen LogP contribution in [0.4, 0.5) is 18.9 Å². The molecule has 0 aliphatic heterocycles. The highest BCUT2D eigenvalue weighted by atomic mass is 35.5. The van der Waals surface area contributed by atoms with Crippen molar-refractivity contribution in [2.24, 2.45) is 11.8 Å². The first-order valence-electron chi connectivity index (χ1n) is 12.8. The van der Waals surface area contributed by atoms with E-state index in [9.17, 15) is 41.4 Å². The molecule has 0 heterocycles. The number of rotatable bonds is 8. The zero-order valence-electron chi connectivity index (χ0n) is 21.8. The lowest BCUT2D eigenvalue weighted by molar-refractivity contribution is -0.139. The van der Waals surface area contributed by atoms with Gasteiger partial charge in [0.05, 0.1) is 33.4 Å². The van der Waals surface area contributed by atoms with E-state index in [0.717, 1.165) is 6.07 Å². The number of nitrogens with zero attached hydrogens (tertiary/aromatic N) is 1. The van der Waals surface area contributed by atoms with Gasteiger partial charge >= 0.3 is 0 Å². The summed E-state index contributed by atoms with van der Waals surface area (Å²) in [5, 5.41) is 22.5. The van der Waals surface area contributed by atoms with Crippen LogP contribution in [0.5, 0.6) is 0 Å². The lowest BCUT2D eigenvalue weighted by atomic mass is 9.74. The number of amides is 2. The number of nitrogens with one attached hydrogen (secondary N) is 1. The highest BCUT2D eigenvalue weighted by molar-refractivity contribution is 7.92. The Kier molecular flexibility index (Phi) is 8.56. The Morgan fingerprint density at radius 2 is 1.70 bits per heavy atom. The summed E-state index contributed by atoms with van der Waals surface area (Å²) in [6.07, 6.45) is 0.547. The van der Waals surface area contributed by atoms with Gasteiger partial charge in [-0.2, -0.15) is 0 Å². The minimum Gasteiger partial charge on any atom is -0.392 e. The van der Waals surface area contributed by atoms with Crippen molar-refractivity contribution in [1.29, 1.82) is 0 Å². The predicted molar refractivity (Wildman–Crippen MR) is 141 cm³/mol. The Labute approximate surface area is 235 Å². The van der Waals surface area contributed by atoms with E-state index in [1.807, 2.05) is 0 Å². The quantitative estimate of drug-likeness (QED) is 0.394. The number of hydrogen-bond acceptors (Lipinski definition) is 6. The third-order valence-corrected chi connectivity index (χ3v) is 10.6. The van der Waals surface area contributed by atoms with E-state index < -0.39 is 62.0 Å². The monoisotopic (exact) mass is 602 g/mol. The van der Waals surface area contributed by atoms with Crippen LogP contribution in [0.15, 0.2) is 35.2 Å². The SMILES string of the molecule is CC(=O)N(C[C@@H](C)O)CC1(O)C2CCC1CC(S(=O)(=O)c1cc(C(=O)Nc3cc(F)c(F)c(F)c3)ccc1Cl)C2. The summed E-state index contributed by atoms with van der Waals surface area (Å²) in [4.78, 5) is 26.0. The van der Waals surface area contributed by atoms with Crippen LogP contribution in [0.3, 0.4) is 0 Å². The molecule has 2 aliphatic rings. The van der Waals surface area contributed by atoms with Crippen LogP contribution >= 0.6 is 11.6 Å². The number of aliphatic hydroxyl groups excluding tert-OH is 1. The standard InChI is InChI=1S/C27H30ClF3N2O6S/c1-14(34)12-33(15(2)35)13-27(37)17-4-5-18(27)9-20(8-17)40(38,39)24-7-16(3-6-21(24)28)26(36)32-19-10-22(29)25(31)23(30)11-19/h3,6-7,10-11,14,17-18,20,34,37H,4-5,8-9,12-13H2,1-2H3,(H,32,36)/t14-,17?,18?,20?,27?/m1/s1. The van der Waals surface area contributed by atoms with Crippen molar-refractivity contribution in [2.45, 2.75) is 61.4 Å². The maximum atomic E-state index is 13.7. The Morgan fingerprint density at radius 1 is 1.12 bits per heavy atom. The average Bonchev–Trinajstić information content (AvgIpc) is 3.02. The number of carbonyl (C=O) groups excluding carboxylic acids is 2. The van der Waals surface area contributed by atoms with Crippen molar-refractivity contribution in [3.63, 3.8) is 0 Å². The molecule has 0 spiro atoms. The maximum absolute atomic E-state index is 13.7. The van der Waals surface area contributed by atoms with Gasteiger partial charge < -0.3 is 20.4 Å². The van der Waals surface area contributed by atoms with Gasteiger partial charge in [-0.3, -0.25) is 9.59 Å². The van der Waals surface area contributed by atoms with E-state index in [0.29, 0.717) is 25.0 Å². The zero-order valence-corrected chi connectivity index (χ0v) is 23.4. The fraction of sp³-hybridized carbons (Fsp3) is 0.481. The molecular formula is C27H30ClF3N2O6S. The highest BCUT2D eigenvalue weighted by Gasteiger charge is 2.56. The van der Waals surface area contributed by atoms with Crippen LogP contribution in [0.25, 0.3) is 0 Å². The molecule has 3 atom stereocenters. The van der Waals surface area contributed by atoms with Crippen LogP contribution in [0.1, 0.15) is 49.9 Å². The zero-order chi connectivity index (χ0) is 29.6. The molecule has 2 unspecified atom stereocenters. The molecule has 4 rings (SSSR count). The summed E-state index contributed by atoms with van der Waals surface area (Å²) in [5.41, 5.74) is -1.82. The molecule has 2 aromatic rings. The van der Waals surface area contributed by atoms with E-state index in [1.54, 1.807) is 0 Å². The lowest BCUT2D eigenvalue weighted by Crippen LogP contribution is -2.56. The fourth-order valence-corrected chi connectivity index (χ4v) is 8.33. The summed E-state index contributed by atoms with van der Waals surface area (Å²) >= 11 is 6.25. The number of sulfone groups is 1. The number of aliphatic hydroxyl groups is 2. The number of halogens is 4. The summed E-state index contributed by atoms with van der Waals surface area (Å²) in [6, 6.07) is 4.74. The lowest BCUT2D eigenvalue weighted by Gasteiger charge is -2.45. The first kappa shape index (κ1) is 30.3. The Hall–Kier alpha value is -2.67. The second-order valence-corrected chi connectivity index (χ2v) is 13.3. The van der Waals surface area contributed by atoms with Gasteiger partial charge in [0.2, 0.25) is 5.91 Å². The van der Waals surface area contributed by atoms with Gasteiger partial charge in [-0.25, -0.2) is 21.6 Å². The number of fused-ring (bicyclic) bond motifs is 2. The van der Waals surface area contributed by atoms with E-state index in [4.69, 9.17) is 11.6 Å². The second kappa shape index (κ2) is 11.3. The summed E-state index contributed by atoms with van der Waals surface area (Å²) in [6.45, 7) is 2.90. The van der Waals surface area contributed by atoms with Crippen molar-refractivity contribution in [1.82, 2.24) is 4.90 Å². The van der Waals surface area contributed by atoms with Crippen LogP contribution in [0.2, 0.25) is 5.02 Å². The molecule has 0 saturated heterocycles. The smallest absolute Gasteiger partial charge is 0.255 e. The maximum Gasteiger partial charge on any atom is 0.255 e. The number of anilines is 1. The largest absolute Gasteiger partial charge is 0.392 e. The molecular weight excluding hydrogens is 573 g/mol. The Morgan fingerprint density at radius 3 is 2.23 bits per heavy atom. The van der Waals surface area contributed by atoms with E-state index in [-0.39, 0.29) is 53.0 Å². The highest BCUT2D eigenvalue weighted by Crippen LogP contribution is 2.52. The van der Waals surface area contributed by atoms with Gasteiger partial charge in [0, 0.05) is 36.9 Å². The van der Waals surface area contributed by atoms with E-state index >= 15 is 0 Å². The molecule has 2 aromatic carbocycles. The van der Waals surface area contributed by atoms with Gasteiger partial charge in [0.15, 0.2) is 27.3 Å². The van der Waals surface area contributed by atoms with Crippen molar-refractivity contribution >= 4 is 38.9 Å². The molecule has 13 heteroatoms. The molecule has 2 saturated carbocycles. The van der Waals surface area contributed by atoms with Crippen LogP contribution in [0, 0.1) is 29.3 Å². The molecule has 2 amide bonds. The minimum atomic E-state index is -4.09. The van der Waals surface area contributed by atoms with E-state index in [2.05, 4.69) is 5.32 Å². The minimum absolute atomic E-state index is 0.0175. The molecule has 2 fully saturated rings. The van der Waals surface area contributed by atoms with Gasteiger partial charge in [-0.1, -0.05) is 11.6 Å². The van der Waals surface area contributed by atoms with Gasteiger partial charge in [-0.05, 0) is 62.6 Å². The topological polar surface area (TPSA) is 124 Å². The normalized spacial score (nSPS) is 24.9. The molecule has 2 bridgehead atoms. The Balaban J connectivity index is 1.56. The molecule has 0 radical (unpaired) electrons. The number of carbonyl (C=O) groups is 2. The molecule has 3 N–H and O–H groups in total.